The van der Waals surface area contributed by atoms with Gasteiger partial charge in [-0.3, -0.25) is 9.48 Å². The third-order valence-corrected chi connectivity index (χ3v) is 3.09. The molecule has 0 aliphatic heterocycles. The summed E-state index contributed by atoms with van der Waals surface area (Å²) in [6, 6.07) is 6.89. The molecule has 3 aromatic rings. The zero-order valence-electron chi connectivity index (χ0n) is 12.0. The Morgan fingerprint density at radius 1 is 1.30 bits per heavy atom. The molecule has 1 amide bonds. The molecule has 0 aliphatic carbocycles. The first kappa shape index (κ1) is 14.5. The van der Waals surface area contributed by atoms with Crippen LogP contribution < -0.4 is 11.1 Å². The number of amides is 1. The van der Waals surface area contributed by atoms with Gasteiger partial charge in [0.05, 0.1) is 18.4 Å². The number of nitrogen functional groups attached to an aromatic ring is 1. The summed E-state index contributed by atoms with van der Waals surface area (Å²) in [5.41, 5.74) is 7.09. The lowest BCUT2D eigenvalue weighted by atomic mass is 10.2. The number of aromatic hydroxyl groups is 1. The fourth-order valence-electron chi connectivity index (χ4n) is 2.07. The molecule has 8 nitrogen and oxygen atoms in total. The van der Waals surface area contributed by atoms with E-state index in [1.54, 1.807) is 29.1 Å². The lowest BCUT2D eigenvalue weighted by Crippen LogP contribution is -2.16. The number of nitrogens with zero attached hydrogens (tertiary/aromatic N) is 4. The van der Waals surface area contributed by atoms with Crippen molar-refractivity contribution in [3.8, 4) is 5.75 Å². The molecule has 4 N–H and O–H groups in total. The van der Waals surface area contributed by atoms with E-state index in [-0.39, 0.29) is 17.3 Å². The molecular weight excluding hydrogens is 296 g/mol. The Bertz CT molecular complexity index is 845. The van der Waals surface area contributed by atoms with Gasteiger partial charge in [0.2, 0.25) is 0 Å². The van der Waals surface area contributed by atoms with Crippen LogP contribution in [0.5, 0.6) is 5.75 Å². The van der Waals surface area contributed by atoms with E-state index in [1.165, 1.54) is 18.6 Å². The normalized spacial score (nSPS) is 10.4. The summed E-state index contributed by atoms with van der Waals surface area (Å²) >= 11 is 0. The van der Waals surface area contributed by atoms with Crippen LogP contribution in [0.2, 0.25) is 0 Å². The highest BCUT2D eigenvalue weighted by molar-refractivity contribution is 6.05. The van der Waals surface area contributed by atoms with Crippen LogP contribution in [0.25, 0.3) is 0 Å². The number of nitrogens with two attached hydrogens (primary N) is 1. The standard InChI is InChI=1S/C15H14N6O2/c16-14-13(17-4-5-18-14)15(23)20-11-7-19-21(9-11)8-10-2-1-3-12(22)6-10/h1-7,9,22H,8H2,(H2,16,18)(H,20,23). The number of carbonyl (C=O) groups excluding carboxylic acids is 1. The number of benzene rings is 1. The molecule has 0 atom stereocenters. The molecule has 0 fully saturated rings. The van der Waals surface area contributed by atoms with E-state index in [9.17, 15) is 9.90 Å². The van der Waals surface area contributed by atoms with Crippen molar-refractivity contribution in [3.05, 3.63) is 60.3 Å². The molecule has 2 heterocycles. The van der Waals surface area contributed by atoms with Crippen LogP contribution in [0.3, 0.4) is 0 Å². The second-order valence-corrected chi connectivity index (χ2v) is 4.84. The highest BCUT2D eigenvalue weighted by Gasteiger charge is 2.13. The summed E-state index contributed by atoms with van der Waals surface area (Å²) in [5, 5.41) is 16.3. The lowest BCUT2D eigenvalue weighted by Gasteiger charge is -2.04. The maximum Gasteiger partial charge on any atom is 0.278 e. The van der Waals surface area contributed by atoms with Gasteiger partial charge in [0.1, 0.15) is 5.75 Å². The maximum absolute atomic E-state index is 12.1. The van der Waals surface area contributed by atoms with Gasteiger partial charge in [-0.2, -0.15) is 5.10 Å². The van der Waals surface area contributed by atoms with Gasteiger partial charge in [0.15, 0.2) is 11.5 Å². The van der Waals surface area contributed by atoms with Crippen LogP contribution in [0.15, 0.2) is 49.1 Å². The molecule has 23 heavy (non-hydrogen) atoms. The van der Waals surface area contributed by atoms with Crippen molar-refractivity contribution < 1.29 is 9.90 Å². The summed E-state index contributed by atoms with van der Waals surface area (Å²) in [5.74, 6) is -0.189. The zero-order valence-corrected chi connectivity index (χ0v) is 12.0. The van der Waals surface area contributed by atoms with E-state index < -0.39 is 5.91 Å². The third-order valence-electron chi connectivity index (χ3n) is 3.09. The Kier molecular flexibility index (Phi) is 3.88. The van der Waals surface area contributed by atoms with Crippen LogP contribution in [0.1, 0.15) is 16.1 Å². The van der Waals surface area contributed by atoms with E-state index in [0.717, 1.165) is 5.56 Å². The smallest absolute Gasteiger partial charge is 0.278 e. The van der Waals surface area contributed by atoms with Crippen molar-refractivity contribution >= 4 is 17.4 Å². The maximum atomic E-state index is 12.1. The number of nitrogens with one attached hydrogen (secondary N) is 1. The number of aromatic nitrogens is 4. The summed E-state index contributed by atoms with van der Waals surface area (Å²) in [6.45, 7) is 0.470. The van der Waals surface area contributed by atoms with E-state index in [2.05, 4.69) is 20.4 Å². The summed E-state index contributed by atoms with van der Waals surface area (Å²) < 4.78 is 1.64. The van der Waals surface area contributed by atoms with Gasteiger partial charge in [-0.25, -0.2) is 9.97 Å². The molecule has 0 unspecified atom stereocenters. The molecule has 0 saturated heterocycles. The minimum absolute atomic E-state index is 0.0632. The van der Waals surface area contributed by atoms with Gasteiger partial charge in [-0.1, -0.05) is 12.1 Å². The topological polar surface area (TPSA) is 119 Å². The summed E-state index contributed by atoms with van der Waals surface area (Å²) in [7, 11) is 0. The van der Waals surface area contributed by atoms with Crippen LogP contribution in [0.4, 0.5) is 11.5 Å². The van der Waals surface area contributed by atoms with Crippen molar-refractivity contribution in [1.29, 1.82) is 0 Å². The molecule has 0 spiro atoms. The van der Waals surface area contributed by atoms with Crippen molar-refractivity contribution in [2.24, 2.45) is 0 Å². The molecule has 0 bridgehead atoms. The van der Waals surface area contributed by atoms with Crippen LogP contribution >= 0.6 is 0 Å². The van der Waals surface area contributed by atoms with Gasteiger partial charge in [-0.05, 0) is 17.7 Å². The molecular formula is C15H14N6O2. The largest absolute Gasteiger partial charge is 0.508 e. The first-order valence-corrected chi connectivity index (χ1v) is 6.80. The minimum Gasteiger partial charge on any atom is -0.508 e. The van der Waals surface area contributed by atoms with Crippen molar-refractivity contribution in [3.63, 3.8) is 0 Å². The second kappa shape index (κ2) is 6.14. The molecule has 116 valence electrons. The number of carbonyl (C=O) groups is 1. The molecule has 0 aliphatic rings. The molecule has 1 aromatic carbocycles. The number of phenols is 1. The Balaban J connectivity index is 1.70. The van der Waals surface area contributed by atoms with Crippen molar-refractivity contribution in [2.75, 3.05) is 11.1 Å². The second-order valence-electron chi connectivity index (χ2n) is 4.84. The molecule has 0 saturated carbocycles. The lowest BCUT2D eigenvalue weighted by molar-refractivity contribution is 0.102. The fourth-order valence-corrected chi connectivity index (χ4v) is 2.07. The van der Waals surface area contributed by atoms with Crippen LogP contribution in [0, 0.1) is 0 Å². The number of anilines is 2. The Morgan fingerprint density at radius 3 is 2.91 bits per heavy atom. The predicted octanol–water partition coefficient (Wildman–Crippen LogP) is 1.26. The minimum atomic E-state index is -0.451. The van der Waals surface area contributed by atoms with E-state index in [4.69, 9.17) is 5.73 Å². The number of hydrogen-bond acceptors (Lipinski definition) is 6. The molecule has 0 radical (unpaired) electrons. The first-order chi connectivity index (χ1) is 11.1. The average molecular weight is 310 g/mol. The number of hydrogen-bond donors (Lipinski definition) is 3. The summed E-state index contributed by atoms with van der Waals surface area (Å²) in [4.78, 5) is 19.8. The third kappa shape index (κ3) is 3.43. The quantitative estimate of drug-likeness (QED) is 0.667. The first-order valence-electron chi connectivity index (χ1n) is 6.80. The fraction of sp³-hybridized carbons (Fsp3) is 0.0667. The van der Waals surface area contributed by atoms with Gasteiger partial charge < -0.3 is 16.2 Å². The molecule has 3 rings (SSSR count). The Hall–Kier alpha value is -3.42. The highest BCUT2D eigenvalue weighted by atomic mass is 16.3. The summed E-state index contributed by atoms with van der Waals surface area (Å²) in [6.07, 6.45) is 6.01. The van der Waals surface area contributed by atoms with Crippen LogP contribution in [-0.4, -0.2) is 30.8 Å². The Labute approximate surface area is 131 Å². The van der Waals surface area contributed by atoms with Crippen LogP contribution in [-0.2, 0) is 6.54 Å². The monoisotopic (exact) mass is 310 g/mol. The average Bonchev–Trinajstić information content (AvgIpc) is 2.94. The molecule has 8 heteroatoms. The molecule has 2 aromatic heterocycles. The Morgan fingerprint density at radius 2 is 2.13 bits per heavy atom. The van der Waals surface area contributed by atoms with Crippen molar-refractivity contribution in [2.45, 2.75) is 6.54 Å². The van der Waals surface area contributed by atoms with Gasteiger partial charge in [-0.15, -0.1) is 0 Å². The SMILES string of the molecule is Nc1nccnc1C(=O)Nc1cnn(Cc2cccc(O)c2)c1. The predicted molar refractivity (Wildman–Crippen MR) is 83.8 cm³/mol. The van der Waals surface area contributed by atoms with Crippen molar-refractivity contribution in [1.82, 2.24) is 19.7 Å². The zero-order chi connectivity index (χ0) is 16.2. The number of phenolic OH excluding ortho intramolecular Hbond substituents is 1. The van der Waals surface area contributed by atoms with Gasteiger partial charge in [0, 0.05) is 18.6 Å². The van der Waals surface area contributed by atoms with Gasteiger partial charge in [0.25, 0.3) is 5.91 Å². The van der Waals surface area contributed by atoms with E-state index >= 15 is 0 Å². The highest BCUT2D eigenvalue weighted by Crippen LogP contribution is 2.14. The number of rotatable bonds is 4. The van der Waals surface area contributed by atoms with Gasteiger partial charge >= 0.3 is 0 Å². The van der Waals surface area contributed by atoms with E-state index in [1.807, 2.05) is 6.07 Å². The van der Waals surface area contributed by atoms with E-state index in [0.29, 0.717) is 12.2 Å².